The fourth-order valence-corrected chi connectivity index (χ4v) is 4.75. The number of carboxylic acids is 1. The number of allylic oxidation sites excluding steroid dienone is 2. The predicted octanol–water partition coefficient (Wildman–Crippen LogP) is 4.56. The Balaban J connectivity index is 1.73. The van der Waals surface area contributed by atoms with Crippen LogP contribution < -0.4 is 0 Å². The Morgan fingerprint density at radius 3 is 2.46 bits per heavy atom. The van der Waals surface area contributed by atoms with Gasteiger partial charge in [0.1, 0.15) is 0 Å². The molecule has 0 atom stereocenters. The second-order valence-corrected chi connectivity index (χ2v) is 9.54. The third-order valence-corrected chi connectivity index (χ3v) is 6.69. The number of rotatable bonds is 10. The van der Waals surface area contributed by atoms with Crippen molar-refractivity contribution in [2.24, 2.45) is 5.92 Å². The Labute approximate surface area is 175 Å². The molecule has 1 N–H and O–H groups in total. The number of ether oxygens (including phenoxy) is 1. The number of aliphatic carboxylic acids is 1. The van der Waals surface area contributed by atoms with Crippen LogP contribution in [0, 0.1) is 5.92 Å². The molecular formula is C22H38N2O3S. The Bertz CT molecular complexity index is 534. The summed E-state index contributed by atoms with van der Waals surface area (Å²) in [4.78, 5) is 14.9. The summed E-state index contributed by atoms with van der Waals surface area (Å²) < 4.78 is 7.90. The molecule has 1 saturated heterocycles. The lowest BCUT2D eigenvalue weighted by Crippen LogP contribution is -2.45. The van der Waals surface area contributed by atoms with Gasteiger partial charge in [0.05, 0.1) is 6.61 Å². The van der Waals surface area contributed by atoms with Crippen LogP contribution in [-0.4, -0.2) is 65.2 Å². The van der Waals surface area contributed by atoms with Gasteiger partial charge in [-0.2, -0.15) is 0 Å². The van der Waals surface area contributed by atoms with Crippen molar-refractivity contribution in [1.29, 1.82) is 0 Å². The third kappa shape index (κ3) is 8.27. The van der Waals surface area contributed by atoms with Crippen molar-refractivity contribution in [1.82, 2.24) is 9.21 Å². The van der Waals surface area contributed by atoms with Gasteiger partial charge in [0.15, 0.2) is 5.60 Å². The van der Waals surface area contributed by atoms with Gasteiger partial charge in [0.2, 0.25) is 0 Å². The van der Waals surface area contributed by atoms with Crippen LogP contribution in [0.3, 0.4) is 0 Å². The molecule has 160 valence electrons. The van der Waals surface area contributed by atoms with Crippen molar-refractivity contribution < 1.29 is 14.6 Å². The van der Waals surface area contributed by atoms with Crippen molar-refractivity contribution in [3.63, 3.8) is 0 Å². The molecule has 2 aliphatic rings. The van der Waals surface area contributed by atoms with E-state index in [0.717, 1.165) is 38.5 Å². The van der Waals surface area contributed by atoms with Crippen LogP contribution in [0.4, 0.5) is 0 Å². The van der Waals surface area contributed by atoms with Crippen LogP contribution in [0.25, 0.3) is 0 Å². The van der Waals surface area contributed by atoms with E-state index in [1.165, 1.54) is 43.6 Å². The molecule has 0 amide bonds. The Morgan fingerprint density at radius 1 is 1.18 bits per heavy atom. The second kappa shape index (κ2) is 12.0. The average molecular weight is 411 g/mol. The molecule has 28 heavy (non-hydrogen) atoms. The van der Waals surface area contributed by atoms with E-state index < -0.39 is 11.6 Å². The van der Waals surface area contributed by atoms with Crippen molar-refractivity contribution in [3.8, 4) is 0 Å². The highest BCUT2D eigenvalue weighted by atomic mass is 32.2. The molecule has 0 spiro atoms. The number of carboxylic acid groups (broad SMARTS) is 1. The van der Waals surface area contributed by atoms with Gasteiger partial charge in [-0.25, -0.2) is 9.10 Å². The largest absolute Gasteiger partial charge is 0.479 e. The van der Waals surface area contributed by atoms with Crippen molar-refractivity contribution >= 4 is 17.9 Å². The van der Waals surface area contributed by atoms with Gasteiger partial charge >= 0.3 is 5.97 Å². The molecule has 0 radical (unpaired) electrons. The number of hydrogen-bond donors (Lipinski definition) is 1. The first-order valence-electron chi connectivity index (χ1n) is 10.8. The highest BCUT2D eigenvalue weighted by molar-refractivity contribution is 8.01. The molecule has 0 aromatic carbocycles. The van der Waals surface area contributed by atoms with Crippen molar-refractivity contribution in [2.45, 2.75) is 64.9 Å². The topological polar surface area (TPSA) is 53.0 Å². The molecule has 1 saturated carbocycles. The summed E-state index contributed by atoms with van der Waals surface area (Å²) in [6.45, 7) is 11.4. The standard InChI is InChI=1S/C22H38N2O3S/c1-4-9-20(12-8-17-27-22(2,3)21(25)26)28-24-15-13-23(14-16-24)18-19-10-6-5-7-11-19/h8-9,12,19H,4-7,10-11,13-18H2,1-3H3,(H,25,26)/b12-8-,20-9+. The number of hydrogen-bond acceptors (Lipinski definition) is 5. The third-order valence-electron chi connectivity index (χ3n) is 5.55. The Kier molecular flexibility index (Phi) is 10.1. The normalized spacial score (nSPS) is 21.5. The first-order valence-corrected chi connectivity index (χ1v) is 11.6. The molecule has 0 aromatic rings. The quantitative estimate of drug-likeness (QED) is 0.421. The molecule has 1 aliphatic carbocycles. The van der Waals surface area contributed by atoms with Crippen molar-refractivity contribution in [3.05, 3.63) is 23.1 Å². The van der Waals surface area contributed by atoms with Crippen molar-refractivity contribution in [2.75, 3.05) is 39.3 Å². The zero-order valence-electron chi connectivity index (χ0n) is 17.9. The number of nitrogens with zero attached hydrogens (tertiary/aromatic N) is 2. The lowest BCUT2D eigenvalue weighted by atomic mass is 9.89. The summed E-state index contributed by atoms with van der Waals surface area (Å²) in [6, 6.07) is 0. The van der Waals surface area contributed by atoms with Crippen LogP contribution in [0.15, 0.2) is 23.1 Å². The maximum Gasteiger partial charge on any atom is 0.335 e. The summed E-state index contributed by atoms with van der Waals surface area (Å²) in [7, 11) is 0. The number of piperazine rings is 1. The zero-order valence-corrected chi connectivity index (χ0v) is 18.7. The molecule has 2 fully saturated rings. The van der Waals surface area contributed by atoms with Crippen LogP contribution in [0.5, 0.6) is 0 Å². The molecule has 1 aliphatic heterocycles. The van der Waals surface area contributed by atoms with Crippen LogP contribution in [0.1, 0.15) is 59.3 Å². The van der Waals surface area contributed by atoms with E-state index >= 15 is 0 Å². The van der Waals surface area contributed by atoms with Gasteiger partial charge in [-0.3, -0.25) is 0 Å². The minimum Gasteiger partial charge on any atom is -0.479 e. The van der Waals surface area contributed by atoms with Gasteiger partial charge in [-0.15, -0.1) is 0 Å². The molecule has 5 nitrogen and oxygen atoms in total. The van der Waals surface area contributed by atoms with E-state index in [-0.39, 0.29) is 0 Å². The van der Waals surface area contributed by atoms with Crippen LogP contribution >= 0.6 is 11.9 Å². The van der Waals surface area contributed by atoms with Gasteiger partial charge in [-0.05, 0) is 57.1 Å². The maximum absolute atomic E-state index is 11.1. The summed E-state index contributed by atoms with van der Waals surface area (Å²) in [5.41, 5.74) is -1.15. The molecule has 6 heteroatoms. The highest BCUT2D eigenvalue weighted by Gasteiger charge is 2.27. The van der Waals surface area contributed by atoms with E-state index in [2.05, 4.69) is 28.3 Å². The number of carbonyl (C=O) groups is 1. The van der Waals surface area contributed by atoms with Gasteiger partial charge < -0.3 is 14.7 Å². The minimum absolute atomic E-state index is 0.302. The fraction of sp³-hybridized carbons (Fsp3) is 0.773. The van der Waals surface area contributed by atoms with E-state index in [9.17, 15) is 4.79 Å². The first kappa shape index (κ1) is 23.5. The van der Waals surface area contributed by atoms with Crippen LogP contribution in [-0.2, 0) is 9.53 Å². The van der Waals surface area contributed by atoms with Gasteiger partial charge in [0.25, 0.3) is 0 Å². The maximum atomic E-state index is 11.1. The minimum atomic E-state index is -1.15. The highest BCUT2D eigenvalue weighted by Crippen LogP contribution is 2.27. The molecule has 1 heterocycles. The molecular weight excluding hydrogens is 372 g/mol. The van der Waals surface area contributed by atoms with E-state index in [4.69, 9.17) is 9.84 Å². The smallest absolute Gasteiger partial charge is 0.335 e. The van der Waals surface area contributed by atoms with E-state index in [0.29, 0.717) is 6.61 Å². The van der Waals surface area contributed by atoms with E-state index in [1.54, 1.807) is 13.8 Å². The second-order valence-electron chi connectivity index (χ2n) is 8.37. The Morgan fingerprint density at radius 2 is 1.86 bits per heavy atom. The summed E-state index contributed by atoms with van der Waals surface area (Å²) in [6.07, 6.45) is 14.3. The lowest BCUT2D eigenvalue weighted by Gasteiger charge is -2.36. The first-order chi connectivity index (χ1) is 13.4. The SMILES string of the molecule is CC/C=C(\C=C/COC(C)(C)C(=O)O)SN1CCN(CC2CCCCC2)CC1. The van der Waals surface area contributed by atoms with E-state index in [1.807, 2.05) is 18.0 Å². The average Bonchev–Trinajstić information content (AvgIpc) is 2.67. The predicted molar refractivity (Wildman–Crippen MR) is 117 cm³/mol. The molecule has 0 aromatic heterocycles. The summed E-state index contributed by atoms with van der Waals surface area (Å²) in [5, 5.41) is 9.10. The van der Waals surface area contributed by atoms with Crippen LogP contribution in [0.2, 0.25) is 0 Å². The monoisotopic (exact) mass is 410 g/mol. The lowest BCUT2D eigenvalue weighted by molar-refractivity contribution is -0.159. The molecule has 2 rings (SSSR count). The summed E-state index contributed by atoms with van der Waals surface area (Å²) >= 11 is 1.81. The molecule has 0 unspecified atom stereocenters. The van der Waals surface area contributed by atoms with Gasteiger partial charge in [-0.1, -0.05) is 38.3 Å². The fourth-order valence-electron chi connectivity index (χ4n) is 3.71. The Hall–Kier alpha value is -0.820. The summed E-state index contributed by atoms with van der Waals surface area (Å²) in [5.74, 6) is -0.0211. The zero-order chi connectivity index (χ0) is 20.4. The van der Waals surface area contributed by atoms with Gasteiger partial charge in [0, 0.05) is 37.6 Å². The molecule has 0 bridgehead atoms.